The number of aryl methyl sites for hydroxylation is 1. The molecule has 0 fully saturated rings. The summed E-state index contributed by atoms with van der Waals surface area (Å²) in [5, 5.41) is 4.58. The molecule has 0 radical (unpaired) electrons. The van der Waals surface area contributed by atoms with Gasteiger partial charge in [0.25, 0.3) is 0 Å². The quantitative estimate of drug-likeness (QED) is 0.817. The Morgan fingerprint density at radius 1 is 1.35 bits per heavy atom. The number of rotatable bonds is 2. The molecule has 0 amide bonds. The molecule has 0 N–H and O–H groups in total. The molecule has 23 heavy (non-hydrogen) atoms. The largest absolute Gasteiger partial charge is 0.322 e. The Labute approximate surface area is 141 Å². The first kappa shape index (κ1) is 16.3. The van der Waals surface area contributed by atoms with E-state index in [9.17, 15) is 8.42 Å². The zero-order valence-electron chi connectivity index (χ0n) is 13.8. The predicted octanol–water partition coefficient (Wildman–Crippen LogP) is 2.27. The predicted molar refractivity (Wildman–Crippen MR) is 91.3 cm³/mol. The fraction of sp³-hybridized carbons (Fsp3) is 0.467. The molecule has 1 unspecified atom stereocenters. The van der Waals surface area contributed by atoms with Gasteiger partial charge in [0.05, 0.1) is 11.7 Å². The lowest BCUT2D eigenvalue weighted by Gasteiger charge is -2.28. The van der Waals surface area contributed by atoms with E-state index < -0.39 is 9.84 Å². The van der Waals surface area contributed by atoms with E-state index in [0.29, 0.717) is 5.69 Å². The number of sulfone groups is 1. The van der Waals surface area contributed by atoms with Crippen molar-refractivity contribution in [2.24, 2.45) is 12.0 Å². The van der Waals surface area contributed by atoms with Crippen LogP contribution in [0, 0.1) is 0 Å². The van der Waals surface area contributed by atoms with Crippen LogP contribution in [0.5, 0.6) is 0 Å². The van der Waals surface area contributed by atoms with E-state index in [1.165, 1.54) is 4.68 Å². The van der Waals surface area contributed by atoms with E-state index in [4.69, 9.17) is 11.6 Å². The Kier molecular flexibility index (Phi) is 3.68. The summed E-state index contributed by atoms with van der Waals surface area (Å²) in [5.74, 6) is 0.903. The first-order valence-corrected chi connectivity index (χ1v) is 9.56. The standard InChI is InChI=1S/C15H19ClN4O2S/c1-8-6-9(2)14-17-10(3)7-20(14)13(8)12-11(16)15(19(4)18-12)23(5,21)22/h6,10H,7H2,1-5H3. The summed E-state index contributed by atoms with van der Waals surface area (Å²) in [6.45, 7) is 6.78. The minimum absolute atomic E-state index is 0.0338. The van der Waals surface area contributed by atoms with Gasteiger partial charge in [-0.1, -0.05) is 17.7 Å². The van der Waals surface area contributed by atoms with Gasteiger partial charge in [0.2, 0.25) is 0 Å². The Morgan fingerprint density at radius 2 is 2.00 bits per heavy atom. The van der Waals surface area contributed by atoms with Crippen molar-refractivity contribution in [3.05, 3.63) is 27.9 Å². The molecule has 2 aliphatic heterocycles. The number of amidine groups is 1. The highest BCUT2D eigenvalue weighted by atomic mass is 35.5. The molecule has 0 spiro atoms. The minimum Gasteiger partial charge on any atom is -0.322 e. The SMILES string of the molecule is CC1=CC(C)=C(c2nn(C)c(S(C)(=O)=O)c2Cl)N2CC(C)N=C12. The maximum absolute atomic E-state index is 12.0. The van der Waals surface area contributed by atoms with Crippen molar-refractivity contribution in [2.75, 3.05) is 12.8 Å². The van der Waals surface area contributed by atoms with Crippen molar-refractivity contribution in [3.8, 4) is 0 Å². The second kappa shape index (κ2) is 5.21. The van der Waals surface area contributed by atoms with E-state index in [0.717, 1.165) is 35.5 Å². The van der Waals surface area contributed by atoms with Gasteiger partial charge in [-0.2, -0.15) is 5.10 Å². The summed E-state index contributed by atoms with van der Waals surface area (Å²) >= 11 is 6.39. The lowest BCUT2D eigenvalue weighted by Crippen LogP contribution is -2.31. The molecule has 0 aliphatic carbocycles. The van der Waals surface area contributed by atoms with Crippen LogP contribution < -0.4 is 0 Å². The van der Waals surface area contributed by atoms with Gasteiger partial charge in [-0.05, 0) is 31.9 Å². The zero-order chi connectivity index (χ0) is 17.1. The topological polar surface area (TPSA) is 67.6 Å². The highest BCUT2D eigenvalue weighted by molar-refractivity contribution is 7.90. The Hall–Kier alpha value is -1.60. The maximum atomic E-state index is 12.0. The van der Waals surface area contributed by atoms with Gasteiger partial charge in [-0.3, -0.25) is 9.67 Å². The van der Waals surface area contributed by atoms with E-state index in [-0.39, 0.29) is 16.1 Å². The van der Waals surface area contributed by atoms with Crippen molar-refractivity contribution >= 4 is 33.0 Å². The lowest BCUT2D eigenvalue weighted by molar-refractivity contribution is 0.566. The Bertz CT molecular complexity index is 893. The third-order valence-electron chi connectivity index (χ3n) is 3.99. The van der Waals surface area contributed by atoms with E-state index in [1.807, 2.05) is 26.8 Å². The van der Waals surface area contributed by atoms with Crippen molar-refractivity contribution in [1.29, 1.82) is 0 Å². The van der Waals surface area contributed by atoms with Gasteiger partial charge < -0.3 is 4.90 Å². The maximum Gasteiger partial charge on any atom is 0.193 e. The van der Waals surface area contributed by atoms with Crippen LogP contribution >= 0.6 is 11.6 Å². The molecule has 124 valence electrons. The highest BCUT2D eigenvalue weighted by Gasteiger charge is 2.34. The number of aliphatic imine (C=N–C) groups is 1. The molecule has 0 bridgehead atoms. The number of fused-ring (bicyclic) bond motifs is 1. The summed E-state index contributed by atoms with van der Waals surface area (Å²) in [6, 6.07) is 0.172. The molecule has 1 aromatic rings. The summed E-state index contributed by atoms with van der Waals surface area (Å²) < 4.78 is 25.3. The normalized spacial score (nSPS) is 21.5. The molecule has 2 aliphatic rings. The fourth-order valence-electron chi connectivity index (χ4n) is 3.20. The van der Waals surface area contributed by atoms with E-state index in [1.54, 1.807) is 7.05 Å². The second-order valence-corrected chi connectivity index (χ2v) is 8.44. The number of halogens is 1. The van der Waals surface area contributed by atoms with Gasteiger partial charge in [0, 0.05) is 19.8 Å². The van der Waals surface area contributed by atoms with Crippen molar-refractivity contribution in [3.63, 3.8) is 0 Å². The number of hydrogen-bond donors (Lipinski definition) is 0. The molecular weight excluding hydrogens is 336 g/mol. The van der Waals surface area contributed by atoms with Crippen LogP contribution in [0.15, 0.2) is 27.2 Å². The Morgan fingerprint density at radius 3 is 2.57 bits per heavy atom. The van der Waals surface area contributed by atoms with Crippen LogP contribution in [0.4, 0.5) is 0 Å². The molecule has 3 heterocycles. The molecule has 8 heteroatoms. The van der Waals surface area contributed by atoms with Gasteiger partial charge in [-0.25, -0.2) is 8.42 Å². The zero-order valence-corrected chi connectivity index (χ0v) is 15.3. The van der Waals surface area contributed by atoms with E-state index >= 15 is 0 Å². The molecule has 0 saturated heterocycles. The monoisotopic (exact) mass is 354 g/mol. The first-order valence-electron chi connectivity index (χ1n) is 7.29. The smallest absolute Gasteiger partial charge is 0.193 e. The Balaban J connectivity index is 2.23. The molecule has 3 rings (SSSR count). The molecule has 0 saturated carbocycles. The summed E-state index contributed by atoms with van der Waals surface area (Å²) in [5.41, 5.74) is 3.40. The van der Waals surface area contributed by atoms with Gasteiger partial charge in [0.1, 0.15) is 16.6 Å². The van der Waals surface area contributed by atoms with Crippen molar-refractivity contribution < 1.29 is 8.42 Å². The first-order chi connectivity index (χ1) is 10.6. The van der Waals surface area contributed by atoms with Crippen LogP contribution in [-0.2, 0) is 16.9 Å². The summed E-state index contributed by atoms with van der Waals surface area (Å²) in [6.07, 6.45) is 3.17. The van der Waals surface area contributed by atoms with Crippen LogP contribution in [0.3, 0.4) is 0 Å². The number of hydrogen-bond acceptors (Lipinski definition) is 5. The third kappa shape index (κ3) is 2.52. The third-order valence-corrected chi connectivity index (χ3v) is 5.63. The fourth-order valence-corrected chi connectivity index (χ4v) is 4.82. The van der Waals surface area contributed by atoms with Crippen molar-refractivity contribution in [2.45, 2.75) is 31.8 Å². The van der Waals surface area contributed by atoms with Crippen LogP contribution in [0.25, 0.3) is 5.70 Å². The highest BCUT2D eigenvalue weighted by Crippen LogP contribution is 2.38. The molecule has 0 aromatic carbocycles. The summed E-state index contributed by atoms with van der Waals surface area (Å²) in [7, 11) is -1.87. The molecular formula is C15H19ClN4O2S. The van der Waals surface area contributed by atoms with Crippen LogP contribution in [0.1, 0.15) is 26.5 Å². The molecule has 1 atom stereocenters. The van der Waals surface area contributed by atoms with Gasteiger partial charge in [0.15, 0.2) is 14.9 Å². The average Bonchev–Trinajstić information content (AvgIpc) is 2.90. The van der Waals surface area contributed by atoms with E-state index in [2.05, 4.69) is 15.0 Å². The number of allylic oxidation sites excluding steroid dienone is 2. The number of nitrogens with zero attached hydrogens (tertiary/aromatic N) is 4. The van der Waals surface area contributed by atoms with Crippen LogP contribution in [0.2, 0.25) is 5.02 Å². The van der Waals surface area contributed by atoms with Gasteiger partial charge >= 0.3 is 0 Å². The van der Waals surface area contributed by atoms with Crippen LogP contribution in [-0.4, -0.2) is 47.8 Å². The van der Waals surface area contributed by atoms with Crippen molar-refractivity contribution in [1.82, 2.24) is 14.7 Å². The number of aromatic nitrogens is 2. The lowest BCUT2D eigenvalue weighted by atomic mass is 10.0. The average molecular weight is 355 g/mol. The second-order valence-electron chi connectivity index (χ2n) is 6.13. The van der Waals surface area contributed by atoms with Gasteiger partial charge in [-0.15, -0.1) is 0 Å². The minimum atomic E-state index is -3.46. The molecule has 6 nitrogen and oxygen atoms in total. The summed E-state index contributed by atoms with van der Waals surface area (Å²) in [4.78, 5) is 6.73. The molecule has 1 aromatic heterocycles.